The highest BCUT2D eigenvalue weighted by atomic mass is 32.2. The fourth-order valence-corrected chi connectivity index (χ4v) is 5.45. The van der Waals surface area contributed by atoms with Crippen LogP contribution in [0, 0.1) is 5.92 Å². The standard InChI is InChI=1S/C24H31N3O5S/c1-3-4-16-33(30,31)27-14-12-18(13-15-27)23(28)26-22-11-6-5-10-21(22)24(29)25-19-8-7-9-20(17-19)32-2/h5-11,17-18H,3-4,12-16H2,1-2H3,(H,25,29)(H,26,28). The Morgan fingerprint density at radius 3 is 2.48 bits per heavy atom. The Labute approximate surface area is 195 Å². The number of methoxy groups -OCH3 is 1. The smallest absolute Gasteiger partial charge is 0.257 e. The second kappa shape index (κ2) is 11.3. The van der Waals surface area contributed by atoms with Crippen LogP contribution in [-0.2, 0) is 14.8 Å². The molecular formula is C24H31N3O5S. The number of nitrogens with one attached hydrogen (secondary N) is 2. The Balaban J connectivity index is 1.62. The third kappa shape index (κ3) is 6.55. The summed E-state index contributed by atoms with van der Waals surface area (Å²) in [6, 6.07) is 13.8. The van der Waals surface area contributed by atoms with E-state index in [9.17, 15) is 18.0 Å². The lowest BCUT2D eigenvalue weighted by molar-refractivity contribution is -0.120. The molecule has 0 unspecified atom stereocenters. The number of anilines is 2. The molecule has 2 amide bonds. The number of rotatable bonds is 9. The van der Waals surface area contributed by atoms with Crippen LogP contribution >= 0.6 is 0 Å². The molecule has 1 aliphatic heterocycles. The molecule has 0 aromatic heterocycles. The van der Waals surface area contributed by atoms with Gasteiger partial charge in [-0.1, -0.05) is 31.5 Å². The van der Waals surface area contributed by atoms with Crippen molar-refractivity contribution in [2.75, 3.05) is 36.6 Å². The molecule has 1 fully saturated rings. The van der Waals surface area contributed by atoms with Crippen LogP contribution in [0.2, 0.25) is 0 Å². The highest BCUT2D eigenvalue weighted by Gasteiger charge is 2.31. The number of hydrogen-bond donors (Lipinski definition) is 2. The maximum atomic E-state index is 12.9. The van der Waals surface area contributed by atoms with E-state index in [2.05, 4.69) is 10.6 Å². The lowest BCUT2D eigenvalue weighted by Gasteiger charge is -2.30. The van der Waals surface area contributed by atoms with Crippen molar-refractivity contribution in [2.45, 2.75) is 32.6 Å². The lowest BCUT2D eigenvalue weighted by atomic mass is 9.97. The van der Waals surface area contributed by atoms with Gasteiger partial charge in [-0.3, -0.25) is 9.59 Å². The van der Waals surface area contributed by atoms with E-state index < -0.39 is 10.0 Å². The molecule has 0 atom stereocenters. The first-order chi connectivity index (χ1) is 15.8. The molecule has 2 aromatic rings. The van der Waals surface area contributed by atoms with Crippen molar-refractivity contribution in [1.29, 1.82) is 0 Å². The van der Waals surface area contributed by atoms with E-state index in [4.69, 9.17) is 4.74 Å². The summed E-state index contributed by atoms with van der Waals surface area (Å²) in [5.74, 6) is -0.0938. The number of sulfonamides is 1. The summed E-state index contributed by atoms with van der Waals surface area (Å²) < 4.78 is 31.5. The maximum Gasteiger partial charge on any atom is 0.257 e. The van der Waals surface area contributed by atoms with Crippen molar-refractivity contribution >= 4 is 33.2 Å². The van der Waals surface area contributed by atoms with Crippen LogP contribution in [0.15, 0.2) is 48.5 Å². The number of benzene rings is 2. The summed E-state index contributed by atoms with van der Waals surface area (Å²) in [5, 5.41) is 5.69. The second-order valence-corrected chi connectivity index (χ2v) is 10.2. The van der Waals surface area contributed by atoms with Crippen molar-refractivity contribution in [3.05, 3.63) is 54.1 Å². The number of para-hydroxylation sites is 1. The number of hydrogen-bond acceptors (Lipinski definition) is 5. The van der Waals surface area contributed by atoms with E-state index in [1.165, 1.54) is 4.31 Å². The largest absolute Gasteiger partial charge is 0.497 e. The lowest BCUT2D eigenvalue weighted by Crippen LogP contribution is -2.42. The average Bonchev–Trinajstić information content (AvgIpc) is 2.83. The summed E-state index contributed by atoms with van der Waals surface area (Å²) >= 11 is 0. The molecule has 178 valence electrons. The molecule has 1 saturated heterocycles. The molecule has 1 aliphatic rings. The van der Waals surface area contributed by atoms with Crippen molar-refractivity contribution in [3.8, 4) is 5.75 Å². The molecule has 0 saturated carbocycles. The van der Waals surface area contributed by atoms with Crippen LogP contribution in [-0.4, -0.2) is 50.5 Å². The molecule has 2 N–H and O–H groups in total. The zero-order valence-electron chi connectivity index (χ0n) is 19.0. The van der Waals surface area contributed by atoms with Crippen molar-refractivity contribution in [2.24, 2.45) is 5.92 Å². The summed E-state index contributed by atoms with van der Waals surface area (Å²) in [6.45, 7) is 2.63. The first kappa shape index (κ1) is 24.7. The zero-order chi connectivity index (χ0) is 23.8. The van der Waals surface area contributed by atoms with Crippen molar-refractivity contribution < 1.29 is 22.7 Å². The van der Waals surface area contributed by atoms with Gasteiger partial charge in [-0.15, -0.1) is 0 Å². The third-order valence-corrected chi connectivity index (χ3v) is 7.69. The van der Waals surface area contributed by atoms with Crippen LogP contribution in [0.3, 0.4) is 0 Å². The highest BCUT2D eigenvalue weighted by Crippen LogP contribution is 2.24. The molecular weight excluding hydrogens is 442 g/mol. The normalized spacial score (nSPS) is 15.1. The van der Waals surface area contributed by atoms with E-state index in [1.54, 1.807) is 55.6 Å². The van der Waals surface area contributed by atoms with E-state index in [0.29, 0.717) is 55.0 Å². The molecule has 1 heterocycles. The van der Waals surface area contributed by atoms with Gasteiger partial charge in [0.15, 0.2) is 0 Å². The van der Waals surface area contributed by atoms with E-state index in [1.807, 2.05) is 6.92 Å². The fraction of sp³-hybridized carbons (Fsp3) is 0.417. The third-order valence-electron chi connectivity index (χ3n) is 5.73. The number of piperidine rings is 1. The van der Waals surface area contributed by atoms with Crippen LogP contribution in [0.5, 0.6) is 5.75 Å². The maximum absolute atomic E-state index is 12.9. The number of carbonyl (C=O) groups is 2. The van der Waals surface area contributed by atoms with E-state index in [-0.39, 0.29) is 23.5 Å². The predicted octanol–water partition coefficient (Wildman–Crippen LogP) is 3.73. The summed E-state index contributed by atoms with van der Waals surface area (Å²) in [6.07, 6.45) is 2.37. The Morgan fingerprint density at radius 2 is 1.79 bits per heavy atom. The quantitative estimate of drug-likeness (QED) is 0.577. The molecule has 9 heteroatoms. The van der Waals surface area contributed by atoms with Gasteiger partial charge in [0.2, 0.25) is 15.9 Å². The Morgan fingerprint density at radius 1 is 1.06 bits per heavy atom. The number of nitrogens with zero attached hydrogens (tertiary/aromatic N) is 1. The zero-order valence-corrected chi connectivity index (χ0v) is 19.9. The predicted molar refractivity (Wildman–Crippen MR) is 129 cm³/mol. The minimum Gasteiger partial charge on any atom is -0.497 e. The minimum absolute atomic E-state index is 0.149. The summed E-state index contributed by atoms with van der Waals surface area (Å²) in [5.41, 5.74) is 1.34. The molecule has 0 spiro atoms. The van der Waals surface area contributed by atoms with Gasteiger partial charge in [0.25, 0.3) is 5.91 Å². The van der Waals surface area contributed by atoms with Gasteiger partial charge < -0.3 is 15.4 Å². The van der Waals surface area contributed by atoms with E-state index in [0.717, 1.165) is 6.42 Å². The highest BCUT2D eigenvalue weighted by molar-refractivity contribution is 7.89. The van der Waals surface area contributed by atoms with Crippen LogP contribution < -0.4 is 15.4 Å². The topological polar surface area (TPSA) is 105 Å². The molecule has 0 bridgehead atoms. The Kier molecular flexibility index (Phi) is 8.46. The minimum atomic E-state index is -3.27. The van der Waals surface area contributed by atoms with Crippen molar-refractivity contribution in [3.63, 3.8) is 0 Å². The van der Waals surface area contributed by atoms with Crippen LogP contribution in [0.1, 0.15) is 43.0 Å². The van der Waals surface area contributed by atoms with Gasteiger partial charge >= 0.3 is 0 Å². The molecule has 8 nitrogen and oxygen atoms in total. The van der Waals surface area contributed by atoms with Gasteiger partial charge in [0.1, 0.15) is 5.75 Å². The Bertz CT molecular complexity index is 1080. The van der Waals surface area contributed by atoms with Gasteiger partial charge in [-0.05, 0) is 43.5 Å². The number of amides is 2. The van der Waals surface area contributed by atoms with Gasteiger partial charge in [-0.2, -0.15) is 0 Å². The summed E-state index contributed by atoms with van der Waals surface area (Å²) in [4.78, 5) is 25.7. The average molecular weight is 474 g/mol. The molecule has 33 heavy (non-hydrogen) atoms. The van der Waals surface area contributed by atoms with Gasteiger partial charge in [-0.25, -0.2) is 12.7 Å². The van der Waals surface area contributed by atoms with Crippen LogP contribution in [0.25, 0.3) is 0 Å². The second-order valence-electron chi connectivity index (χ2n) is 8.06. The number of ether oxygens (including phenoxy) is 1. The molecule has 0 aliphatic carbocycles. The fourth-order valence-electron chi connectivity index (χ4n) is 3.78. The van der Waals surface area contributed by atoms with Crippen LogP contribution in [0.4, 0.5) is 11.4 Å². The first-order valence-corrected chi connectivity index (χ1v) is 12.8. The van der Waals surface area contributed by atoms with E-state index >= 15 is 0 Å². The van der Waals surface area contributed by atoms with Crippen molar-refractivity contribution in [1.82, 2.24) is 4.31 Å². The number of carbonyl (C=O) groups excluding carboxylic acids is 2. The van der Waals surface area contributed by atoms with Gasteiger partial charge in [0.05, 0.1) is 24.1 Å². The summed E-state index contributed by atoms with van der Waals surface area (Å²) in [7, 11) is -1.71. The SMILES string of the molecule is CCCCS(=O)(=O)N1CCC(C(=O)Nc2ccccc2C(=O)Nc2cccc(OC)c2)CC1. The number of unbranched alkanes of at least 4 members (excludes halogenated alkanes) is 1. The van der Waals surface area contributed by atoms with Gasteiger partial charge in [0, 0.05) is 30.8 Å². The molecule has 0 radical (unpaired) electrons. The monoisotopic (exact) mass is 473 g/mol. The first-order valence-electron chi connectivity index (χ1n) is 11.2. The Hall–Kier alpha value is -2.91. The molecule has 3 rings (SSSR count). The molecule has 2 aromatic carbocycles.